The van der Waals surface area contributed by atoms with E-state index in [2.05, 4.69) is 24.5 Å². The molecule has 0 aliphatic heterocycles. The molecule has 0 fully saturated rings. The van der Waals surface area contributed by atoms with Crippen molar-refractivity contribution in [2.75, 3.05) is 11.9 Å². The lowest BCUT2D eigenvalue weighted by atomic mass is 10.1. The van der Waals surface area contributed by atoms with Crippen molar-refractivity contribution in [3.05, 3.63) is 29.3 Å². The summed E-state index contributed by atoms with van der Waals surface area (Å²) in [5.41, 5.74) is 2.82. The SMILES string of the molecule is CCCCCC(C)NC(=O)c1ccc(C)cc1NCC. The van der Waals surface area contributed by atoms with Gasteiger partial charge in [-0.2, -0.15) is 0 Å². The van der Waals surface area contributed by atoms with Gasteiger partial charge in [-0.3, -0.25) is 4.79 Å². The number of nitrogens with one attached hydrogen (secondary N) is 2. The van der Waals surface area contributed by atoms with E-state index in [0.717, 1.165) is 29.8 Å². The Morgan fingerprint density at radius 1 is 1.25 bits per heavy atom. The molecule has 0 saturated heterocycles. The van der Waals surface area contributed by atoms with Crippen LogP contribution in [-0.4, -0.2) is 18.5 Å². The first-order chi connectivity index (χ1) is 9.58. The lowest BCUT2D eigenvalue weighted by Crippen LogP contribution is -2.33. The molecule has 0 bridgehead atoms. The molecule has 20 heavy (non-hydrogen) atoms. The van der Waals surface area contributed by atoms with Crippen LogP contribution < -0.4 is 10.6 Å². The van der Waals surface area contributed by atoms with E-state index in [9.17, 15) is 4.79 Å². The quantitative estimate of drug-likeness (QED) is 0.701. The van der Waals surface area contributed by atoms with Crippen LogP contribution in [0.4, 0.5) is 5.69 Å². The van der Waals surface area contributed by atoms with Crippen molar-refractivity contribution in [2.45, 2.75) is 59.4 Å². The standard InChI is InChI=1S/C17H28N2O/c1-5-7-8-9-14(4)19-17(20)15-11-10-13(3)12-16(15)18-6-2/h10-12,14,18H,5-9H2,1-4H3,(H,19,20). The van der Waals surface area contributed by atoms with Crippen molar-refractivity contribution in [3.8, 4) is 0 Å². The van der Waals surface area contributed by atoms with E-state index in [-0.39, 0.29) is 11.9 Å². The highest BCUT2D eigenvalue weighted by atomic mass is 16.1. The van der Waals surface area contributed by atoms with E-state index in [4.69, 9.17) is 0 Å². The van der Waals surface area contributed by atoms with E-state index < -0.39 is 0 Å². The summed E-state index contributed by atoms with van der Waals surface area (Å²) < 4.78 is 0. The molecule has 1 unspecified atom stereocenters. The van der Waals surface area contributed by atoms with E-state index >= 15 is 0 Å². The number of hydrogen-bond acceptors (Lipinski definition) is 2. The molecule has 1 aromatic carbocycles. The molecule has 0 spiro atoms. The Labute approximate surface area is 123 Å². The zero-order valence-corrected chi connectivity index (χ0v) is 13.3. The van der Waals surface area contributed by atoms with E-state index in [1.54, 1.807) is 0 Å². The summed E-state index contributed by atoms with van der Waals surface area (Å²) in [6.45, 7) is 9.16. The normalized spacial score (nSPS) is 12.0. The molecule has 3 heteroatoms. The fourth-order valence-corrected chi connectivity index (χ4v) is 2.27. The fraction of sp³-hybridized carbons (Fsp3) is 0.588. The number of anilines is 1. The van der Waals surface area contributed by atoms with Gasteiger partial charge in [0.1, 0.15) is 0 Å². The van der Waals surface area contributed by atoms with Gasteiger partial charge in [0.25, 0.3) is 5.91 Å². The van der Waals surface area contributed by atoms with Crippen molar-refractivity contribution in [1.29, 1.82) is 0 Å². The molecule has 0 aromatic heterocycles. The van der Waals surface area contributed by atoms with Gasteiger partial charge in [-0.25, -0.2) is 0 Å². The third kappa shape index (κ3) is 5.24. The minimum atomic E-state index is 0.0185. The first kappa shape index (κ1) is 16.5. The Morgan fingerprint density at radius 2 is 2.00 bits per heavy atom. The van der Waals surface area contributed by atoms with E-state index in [1.165, 1.54) is 19.3 Å². The number of rotatable bonds is 8. The van der Waals surface area contributed by atoms with Crippen LogP contribution in [0.5, 0.6) is 0 Å². The summed E-state index contributed by atoms with van der Waals surface area (Å²) in [6.07, 6.45) is 4.66. The van der Waals surface area contributed by atoms with Crippen molar-refractivity contribution in [2.24, 2.45) is 0 Å². The van der Waals surface area contributed by atoms with E-state index in [0.29, 0.717) is 0 Å². The maximum atomic E-state index is 12.3. The minimum absolute atomic E-state index is 0.0185. The highest BCUT2D eigenvalue weighted by molar-refractivity contribution is 5.99. The summed E-state index contributed by atoms with van der Waals surface area (Å²) in [5, 5.41) is 6.36. The molecule has 0 aliphatic carbocycles. The second-order valence-electron chi connectivity index (χ2n) is 5.45. The Kier molecular flexibility index (Phi) is 7.13. The zero-order valence-electron chi connectivity index (χ0n) is 13.3. The number of carbonyl (C=O) groups is 1. The molecule has 1 amide bonds. The van der Waals surface area contributed by atoms with Crippen LogP contribution in [0.3, 0.4) is 0 Å². The minimum Gasteiger partial charge on any atom is -0.385 e. The smallest absolute Gasteiger partial charge is 0.253 e. The second-order valence-corrected chi connectivity index (χ2v) is 5.45. The van der Waals surface area contributed by atoms with Gasteiger partial charge in [0, 0.05) is 18.3 Å². The van der Waals surface area contributed by atoms with Gasteiger partial charge in [0.05, 0.1) is 5.56 Å². The number of aryl methyl sites for hydroxylation is 1. The number of hydrogen-bond donors (Lipinski definition) is 2. The number of unbranched alkanes of at least 4 members (excludes halogenated alkanes) is 2. The lowest BCUT2D eigenvalue weighted by molar-refractivity contribution is 0.0938. The van der Waals surface area contributed by atoms with Crippen LogP contribution >= 0.6 is 0 Å². The van der Waals surface area contributed by atoms with Gasteiger partial charge in [0.2, 0.25) is 0 Å². The predicted octanol–water partition coefficient (Wildman–Crippen LogP) is 4.13. The van der Waals surface area contributed by atoms with E-state index in [1.807, 2.05) is 32.0 Å². The molecule has 2 N–H and O–H groups in total. The van der Waals surface area contributed by atoms with Gasteiger partial charge < -0.3 is 10.6 Å². The third-order valence-corrected chi connectivity index (χ3v) is 3.41. The molecule has 0 saturated carbocycles. The lowest BCUT2D eigenvalue weighted by Gasteiger charge is -2.16. The second kappa shape index (κ2) is 8.62. The van der Waals surface area contributed by atoms with Crippen LogP contribution in [0.2, 0.25) is 0 Å². The monoisotopic (exact) mass is 276 g/mol. The molecule has 1 aromatic rings. The van der Waals surface area contributed by atoms with Gasteiger partial charge in [-0.15, -0.1) is 0 Å². The molecule has 1 atom stereocenters. The summed E-state index contributed by atoms with van der Waals surface area (Å²) in [4.78, 5) is 12.3. The molecule has 3 nitrogen and oxygen atoms in total. The van der Waals surface area contributed by atoms with Gasteiger partial charge in [0.15, 0.2) is 0 Å². The molecular weight excluding hydrogens is 248 g/mol. The van der Waals surface area contributed by atoms with Crippen molar-refractivity contribution >= 4 is 11.6 Å². The number of benzene rings is 1. The summed E-state index contributed by atoms with van der Waals surface area (Å²) in [5.74, 6) is 0.0185. The molecule has 0 heterocycles. The number of amides is 1. The first-order valence-corrected chi connectivity index (χ1v) is 7.73. The highest BCUT2D eigenvalue weighted by Crippen LogP contribution is 2.18. The van der Waals surface area contributed by atoms with Crippen molar-refractivity contribution < 1.29 is 4.79 Å². The summed E-state index contributed by atoms with van der Waals surface area (Å²) in [7, 11) is 0. The largest absolute Gasteiger partial charge is 0.385 e. The fourth-order valence-electron chi connectivity index (χ4n) is 2.27. The van der Waals surface area contributed by atoms with Crippen molar-refractivity contribution in [1.82, 2.24) is 5.32 Å². The van der Waals surface area contributed by atoms with Crippen LogP contribution in [0.25, 0.3) is 0 Å². The molecule has 112 valence electrons. The molecule has 0 radical (unpaired) electrons. The maximum Gasteiger partial charge on any atom is 0.253 e. The van der Waals surface area contributed by atoms with Crippen LogP contribution in [0, 0.1) is 6.92 Å². The Bertz CT molecular complexity index is 429. The molecule has 1 rings (SSSR count). The average Bonchev–Trinajstić information content (AvgIpc) is 2.39. The summed E-state index contributed by atoms with van der Waals surface area (Å²) >= 11 is 0. The van der Waals surface area contributed by atoms with Crippen LogP contribution in [0.1, 0.15) is 62.4 Å². The number of carbonyl (C=O) groups excluding carboxylic acids is 1. The Balaban J connectivity index is 2.66. The highest BCUT2D eigenvalue weighted by Gasteiger charge is 2.13. The van der Waals surface area contributed by atoms with Crippen LogP contribution in [-0.2, 0) is 0 Å². The summed E-state index contributed by atoms with van der Waals surface area (Å²) in [6, 6.07) is 6.14. The average molecular weight is 276 g/mol. The maximum absolute atomic E-state index is 12.3. The van der Waals surface area contributed by atoms with Gasteiger partial charge in [-0.05, 0) is 44.9 Å². The van der Waals surface area contributed by atoms with Gasteiger partial charge >= 0.3 is 0 Å². The first-order valence-electron chi connectivity index (χ1n) is 7.73. The topological polar surface area (TPSA) is 41.1 Å². The van der Waals surface area contributed by atoms with Crippen molar-refractivity contribution in [3.63, 3.8) is 0 Å². The Morgan fingerprint density at radius 3 is 2.65 bits per heavy atom. The third-order valence-electron chi connectivity index (χ3n) is 3.41. The van der Waals surface area contributed by atoms with Gasteiger partial charge in [-0.1, -0.05) is 32.3 Å². The van der Waals surface area contributed by atoms with Crippen LogP contribution in [0.15, 0.2) is 18.2 Å². The zero-order chi connectivity index (χ0) is 15.0. The Hall–Kier alpha value is -1.51. The molecular formula is C17H28N2O. The predicted molar refractivity (Wildman–Crippen MR) is 86.4 cm³/mol. The molecule has 0 aliphatic rings.